The van der Waals surface area contributed by atoms with Crippen molar-refractivity contribution in [2.24, 2.45) is 0 Å². The van der Waals surface area contributed by atoms with Gasteiger partial charge >= 0.3 is 0 Å². The van der Waals surface area contributed by atoms with Crippen LogP contribution in [0.4, 0.5) is 0 Å². The van der Waals surface area contributed by atoms with E-state index < -0.39 is 5.60 Å². The van der Waals surface area contributed by atoms with Gasteiger partial charge in [0.2, 0.25) is 0 Å². The molecule has 0 amide bonds. The van der Waals surface area contributed by atoms with Gasteiger partial charge < -0.3 is 9.84 Å². The standard InChI is InChI=1S/C11H23NO2/c1-10(2)9-14-8-7-12(10)6-5-11(3,4)13/h13H,5-9H2,1-4H3. The lowest BCUT2D eigenvalue weighted by molar-refractivity contribution is -0.0602. The van der Waals surface area contributed by atoms with Crippen LogP contribution in [-0.4, -0.2) is 47.4 Å². The van der Waals surface area contributed by atoms with Crippen LogP contribution in [0.2, 0.25) is 0 Å². The van der Waals surface area contributed by atoms with Gasteiger partial charge in [0.05, 0.1) is 18.8 Å². The van der Waals surface area contributed by atoms with Crippen LogP contribution in [0.5, 0.6) is 0 Å². The average Bonchev–Trinajstić information content (AvgIpc) is 2.00. The van der Waals surface area contributed by atoms with Crippen molar-refractivity contribution in [3.8, 4) is 0 Å². The third kappa shape index (κ3) is 3.56. The van der Waals surface area contributed by atoms with Crippen molar-refractivity contribution in [2.75, 3.05) is 26.3 Å². The number of rotatable bonds is 3. The van der Waals surface area contributed by atoms with Gasteiger partial charge in [0.15, 0.2) is 0 Å². The Kier molecular flexibility index (Phi) is 3.56. The van der Waals surface area contributed by atoms with Crippen molar-refractivity contribution in [3.05, 3.63) is 0 Å². The molecule has 1 saturated heterocycles. The van der Waals surface area contributed by atoms with Gasteiger partial charge in [0, 0.05) is 18.6 Å². The van der Waals surface area contributed by atoms with Gasteiger partial charge in [-0.15, -0.1) is 0 Å². The number of ether oxygens (including phenoxy) is 1. The number of nitrogens with zero attached hydrogens (tertiary/aromatic N) is 1. The van der Waals surface area contributed by atoms with E-state index in [0.29, 0.717) is 0 Å². The van der Waals surface area contributed by atoms with E-state index in [2.05, 4.69) is 18.7 Å². The van der Waals surface area contributed by atoms with E-state index in [9.17, 15) is 5.11 Å². The van der Waals surface area contributed by atoms with E-state index in [-0.39, 0.29) is 5.54 Å². The summed E-state index contributed by atoms with van der Waals surface area (Å²) in [5.74, 6) is 0. The molecular formula is C11H23NO2. The quantitative estimate of drug-likeness (QED) is 0.746. The van der Waals surface area contributed by atoms with Gasteiger partial charge in [0.25, 0.3) is 0 Å². The van der Waals surface area contributed by atoms with Crippen molar-refractivity contribution in [1.82, 2.24) is 4.90 Å². The Balaban J connectivity index is 2.42. The number of hydrogen-bond acceptors (Lipinski definition) is 3. The predicted molar refractivity (Wildman–Crippen MR) is 57.4 cm³/mol. The first-order valence-electron chi connectivity index (χ1n) is 5.36. The molecule has 3 heteroatoms. The molecule has 0 spiro atoms. The summed E-state index contributed by atoms with van der Waals surface area (Å²) in [7, 11) is 0. The fourth-order valence-corrected chi connectivity index (χ4v) is 1.71. The molecule has 0 aromatic carbocycles. The van der Waals surface area contributed by atoms with Gasteiger partial charge in [-0.1, -0.05) is 0 Å². The van der Waals surface area contributed by atoms with Gasteiger partial charge in [-0.25, -0.2) is 0 Å². The van der Waals surface area contributed by atoms with Gasteiger partial charge in [-0.05, 0) is 34.1 Å². The minimum absolute atomic E-state index is 0.115. The molecule has 0 radical (unpaired) electrons. The lowest BCUT2D eigenvalue weighted by Crippen LogP contribution is -2.53. The molecule has 3 nitrogen and oxygen atoms in total. The van der Waals surface area contributed by atoms with Crippen LogP contribution in [0.3, 0.4) is 0 Å². The Hall–Kier alpha value is -0.120. The van der Waals surface area contributed by atoms with E-state index in [1.54, 1.807) is 0 Å². The van der Waals surface area contributed by atoms with Crippen molar-refractivity contribution in [3.63, 3.8) is 0 Å². The molecule has 0 aromatic heterocycles. The third-order valence-corrected chi connectivity index (χ3v) is 2.81. The molecule has 14 heavy (non-hydrogen) atoms. The van der Waals surface area contributed by atoms with E-state index in [1.165, 1.54) is 0 Å². The number of hydrogen-bond donors (Lipinski definition) is 1. The fraction of sp³-hybridized carbons (Fsp3) is 1.00. The Labute approximate surface area is 87.1 Å². The molecule has 84 valence electrons. The van der Waals surface area contributed by atoms with Gasteiger partial charge in [0.1, 0.15) is 0 Å². The summed E-state index contributed by atoms with van der Waals surface area (Å²) in [5, 5.41) is 9.66. The molecule has 0 atom stereocenters. The highest BCUT2D eigenvalue weighted by Gasteiger charge is 2.31. The lowest BCUT2D eigenvalue weighted by Gasteiger charge is -2.42. The first-order chi connectivity index (χ1) is 6.31. The van der Waals surface area contributed by atoms with E-state index >= 15 is 0 Å². The summed E-state index contributed by atoms with van der Waals surface area (Å²) in [4.78, 5) is 2.40. The van der Waals surface area contributed by atoms with Crippen LogP contribution in [0.15, 0.2) is 0 Å². The third-order valence-electron chi connectivity index (χ3n) is 2.81. The second-order valence-electron chi connectivity index (χ2n) is 5.41. The maximum atomic E-state index is 9.66. The molecule has 1 rings (SSSR count). The number of aliphatic hydroxyl groups is 1. The maximum Gasteiger partial charge on any atom is 0.0645 e. The molecule has 1 fully saturated rings. The average molecular weight is 201 g/mol. The first-order valence-corrected chi connectivity index (χ1v) is 5.36. The van der Waals surface area contributed by atoms with E-state index in [4.69, 9.17) is 4.74 Å². The minimum atomic E-state index is -0.561. The van der Waals surface area contributed by atoms with E-state index in [1.807, 2.05) is 13.8 Å². The summed E-state index contributed by atoms with van der Waals surface area (Å²) < 4.78 is 5.44. The normalized spacial score (nSPS) is 23.8. The highest BCUT2D eigenvalue weighted by atomic mass is 16.5. The van der Waals surface area contributed by atoms with Crippen LogP contribution in [0, 0.1) is 0 Å². The lowest BCUT2D eigenvalue weighted by atomic mass is 9.99. The molecule has 1 aliphatic heterocycles. The van der Waals surface area contributed by atoms with E-state index in [0.717, 1.165) is 32.7 Å². The zero-order valence-corrected chi connectivity index (χ0v) is 9.84. The Morgan fingerprint density at radius 2 is 2.07 bits per heavy atom. The molecule has 0 unspecified atom stereocenters. The zero-order chi connectivity index (χ0) is 10.8. The molecule has 1 aliphatic rings. The van der Waals surface area contributed by atoms with Crippen LogP contribution in [-0.2, 0) is 4.74 Å². The molecule has 0 bridgehead atoms. The monoisotopic (exact) mass is 201 g/mol. The van der Waals surface area contributed by atoms with Gasteiger partial charge in [-0.2, -0.15) is 0 Å². The largest absolute Gasteiger partial charge is 0.390 e. The van der Waals surface area contributed by atoms with Crippen LogP contribution in [0.1, 0.15) is 34.1 Å². The molecule has 1 N–H and O–H groups in total. The highest BCUT2D eigenvalue weighted by Crippen LogP contribution is 2.20. The molecule has 0 aromatic rings. The minimum Gasteiger partial charge on any atom is -0.390 e. The van der Waals surface area contributed by atoms with Crippen molar-refractivity contribution >= 4 is 0 Å². The van der Waals surface area contributed by atoms with Crippen molar-refractivity contribution < 1.29 is 9.84 Å². The topological polar surface area (TPSA) is 32.7 Å². The Bertz CT molecular complexity index is 184. The number of morpholine rings is 1. The van der Waals surface area contributed by atoms with Crippen LogP contribution >= 0.6 is 0 Å². The van der Waals surface area contributed by atoms with Crippen molar-refractivity contribution in [2.45, 2.75) is 45.3 Å². The summed E-state index contributed by atoms with van der Waals surface area (Å²) in [6.07, 6.45) is 0.816. The predicted octanol–water partition coefficient (Wildman–Crippen LogP) is 1.26. The maximum absolute atomic E-state index is 9.66. The van der Waals surface area contributed by atoms with Gasteiger partial charge in [-0.3, -0.25) is 4.90 Å². The molecule has 0 saturated carbocycles. The van der Waals surface area contributed by atoms with Crippen molar-refractivity contribution in [1.29, 1.82) is 0 Å². The van der Waals surface area contributed by atoms with Crippen LogP contribution in [0.25, 0.3) is 0 Å². The molecular weight excluding hydrogens is 178 g/mol. The summed E-state index contributed by atoms with van der Waals surface area (Å²) in [6.45, 7) is 11.6. The summed E-state index contributed by atoms with van der Waals surface area (Å²) in [6, 6.07) is 0. The molecule has 0 aliphatic carbocycles. The zero-order valence-electron chi connectivity index (χ0n) is 9.84. The fourth-order valence-electron chi connectivity index (χ4n) is 1.71. The smallest absolute Gasteiger partial charge is 0.0645 e. The first kappa shape index (κ1) is 12.0. The SMILES string of the molecule is CC(C)(O)CCN1CCOCC1(C)C. The summed E-state index contributed by atoms with van der Waals surface area (Å²) in [5.41, 5.74) is -0.447. The Morgan fingerprint density at radius 3 is 2.57 bits per heavy atom. The summed E-state index contributed by atoms with van der Waals surface area (Å²) >= 11 is 0. The second kappa shape index (κ2) is 4.17. The Morgan fingerprint density at radius 1 is 1.43 bits per heavy atom. The molecule has 1 heterocycles. The second-order valence-corrected chi connectivity index (χ2v) is 5.41. The highest BCUT2D eigenvalue weighted by molar-refractivity contribution is 4.85. The van der Waals surface area contributed by atoms with Crippen LogP contribution < -0.4 is 0 Å².